The molecule has 1 aliphatic rings. The molecule has 1 amide bonds. The molecule has 3 N–H and O–H groups in total. The molecule has 0 aliphatic carbocycles. The number of amides is 1. The highest BCUT2D eigenvalue weighted by molar-refractivity contribution is 5.99. The number of ether oxygens (including phenoxy) is 1. The average Bonchev–Trinajstić information content (AvgIpc) is 3.16. The number of carbonyl (C=O) groups excluding carboxylic acids is 1. The van der Waals surface area contributed by atoms with Gasteiger partial charge in [0.25, 0.3) is 5.91 Å². The minimum absolute atomic E-state index is 0.131. The molecule has 0 bridgehead atoms. The number of likely N-dealkylation sites (tertiary alicyclic amines) is 1. The van der Waals surface area contributed by atoms with Crippen molar-refractivity contribution in [2.45, 2.75) is 18.9 Å². The number of nitrogen functional groups attached to an aromatic ring is 1. The molecule has 2 aromatic carbocycles. The normalized spacial score (nSPS) is 15.7. The van der Waals surface area contributed by atoms with Gasteiger partial charge < -0.3 is 15.8 Å². The van der Waals surface area contributed by atoms with Crippen LogP contribution in [0.15, 0.2) is 48.5 Å². The summed E-state index contributed by atoms with van der Waals surface area (Å²) in [6.45, 7) is 2.64. The van der Waals surface area contributed by atoms with Crippen LogP contribution in [0.3, 0.4) is 0 Å². The number of benzene rings is 2. The number of rotatable bonds is 6. The van der Waals surface area contributed by atoms with Crippen LogP contribution in [0.4, 0.5) is 5.69 Å². The number of methoxy groups -OCH3 is 1. The van der Waals surface area contributed by atoms with Crippen molar-refractivity contribution < 1.29 is 9.53 Å². The van der Waals surface area contributed by atoms with Gasteiger partial charge in [-0.3, -0.25) is 9.69 Å². The zero-order valence-electron chi connectivity index (χ0n) is 14.6. The quantitative estimate of drug-likeness (QED) is 0.794. The summed E-state index contributed by atoms with van der Waals surface area (Å²) >= 11 is 0. The van der Waals surface area contributed by atoms with Gasteiger partial charge in [0.15, 0.2) is 0 Å². The lowest BCUT2D eigenvalue weighted by atomic mass is 10.0. The molecule has 0 saturated carbocycles. The van der Waals surface area contributed by atoms with Crippen molar-refractivity contribution in [2.75, 3.05) is 32.5 Å². The Morgan fingerprint density at radius 1 is 1.20 bits per heavy atom. The molecule has 5 nitrogen and oxygen atoms in total. The van der Waals surface area contributed by atoms with Crippen LogP contribution in [0.2, 0.25) is 0 Å². The van der Waals surface area contributed by atoms with Gasteiger partial charge in [0, 0.05) is 12.2 Å². The van der Waals surface area contributed by atoms with E-state index in [0.717, 1.165) is 24.4 Å². The van der Waals surface area contributed by atoms with Crippen LogP contribution in [0, 0.1) is 0 Å². The SMILES string of the molecule is COc1cccc(C(CNC(=O)c2ccccc2N)N2CCCC2)c1. The molecule has 2 aromatic rings. The summed E-state index contributed by atoms with van der Waals surface area (Å²) in [7, 11) is 1.67. The third kappa shape index (κ3) is 4.12. The van der Waals surface area contributed by atoms with Gasteiger partial charge in [-0.1, -0.05) is 24.3 Å². The van der Waals surface area contributed by atoms with E-state index in [1.54, 1.807) is 19.2 Å². The van der Waals surface area contributed by atoms with Crippen LogP contribution in [-0.4, -0.2) is 37.6 Å². The number of nitrogens with zero attached hydrogens (tertiary/aromatic N) is 1. The van der Waals surface area contributed by atoms with E-state index < -0.39 is 0 Å². The molecule has 0 aromatic heterocycles. The molecular weight excluding hydrogens is 314 g/mol. The molecule has 0 radical (unpaired) electrons. The Balaban J connectivity index is 1.76. The first-order valence-electron chi connectivity index (χ1n) is 8.70. The fourth-order valence-electron chi connectivity index (χ4n) is 3.35. The second-order valence-corrected chi connectivity index (χ2v) is 6.33. The zero-order chi connectivity index (χ0) is 17.6. The van der Waals surface area contributed by atoms with Gasteiger partial charge in [-0.15, -0.1) is 0 Å². The van der Waals surface area contributed by atoms with Crippen LogP contribution in [0.25, 0.3) is 0 Å². The van der Waals surface area contributed by atoms with Crippen molar-refractivity contribution in [1.29, 1.82) is 0 Å². The second-order valence-electron chi connectivity index (χ2n) is 6.33. The zero-order valence-corrected chi connectivity index (χ0v) is 14.6. The molecule has 1 atom stereocenters. The third-order valence-electron chi connectivity index (χ3n) is 4.72. The average molecular weight is 339 g/mol. The number of hydrogen-bond acceptors (Lipinski definition) is 4. The maximum atomic E-state index is 12.5. The van der Waals surface area contributed by atoms with Gasteiger partial charge in [0.05, 0.1) is 18.7 Å². The van der Waals surface area contributed by atoms with Crippen LogP contribution in [0.1, 0.15) is 34.8 Å². The highest BCUT2D eigenvalue weighted by Gasteiger charge is 2.24. The van der Waals surface area contributed by atoms with E-state index in [9.17, 15) is 4.79 Å². The molecule has 25 heavy (non-hydrogen) atoms. The Morgan fingerprint density at radius 2 is 1.96 bits per heavy atom. The van der Waals surface area contributed by atoms with Gasteiger partial charge in [0.2, 0.25) is 0 Å². The summed E-state index contributed by atoms with van der Waals surface area (Å²) in [6, 6.07) is 15.4. The number of carbonyl (C=O) groups is 1. The lowest BCUT2D eigenvalue weighted by molar-refractivity contribution is 0.0939. The summed E-state index contributed by atoms with van der Waals surface area (Å²) in [5, 5.41) is 3.05. The number of hydrogen-bond donors (Lipinski definition) is 2. The lowest BCUT2D eigenvalue weighted by Gasteiger charge is -2.28. The Bertz CT molecular complexity index is 726. The Kier molecular flexibility index (Phi) is 5.56. The fourth-order valence-corrected chi connectivity index (χ4v) is 3.35. The van der Waals surface area contributed by atoms with Gasteiger partial charge in [-0.25, -0.2) is 0 Å². The number of anilines is 1. The van der Waals surface area contributed by atoms with E-state index in [1.165, 1.54) is 12.8 Å². The maximum Gasteiger partial charge on any atom is 0.253 e. The summed E-state index contributed by atoms with van der Waals surface area (Å²) in [5.41, 5.74) is 8.09. The van der Waals surface area contributed by atoms with Gasteiger partial charge in [0.1, 0.15) is 5.75 Å². The van der Waals surface area contributed by atoms with Crippen LogP contribution in [0.5, 0.6) is 5.75 Å². The molecule has 1 unspecified atom stereocenters. The minimum Gasteiger partial charge on any atom is -0.497 e. The topological polar surface area (TPSA) is 67.6 Å². The van der Waals surface area contributed by atoms with Crippen molar-refractivity contribution >= 4 is 11.6 Å². The smallest absolute Gasteiger partial charge is 0.253 e. The van der Waals surface area contributed by atoms with Crippen LogP contribution in [-0.2, 0) is 0 Å². The second kappa shape index (κ2) is 8.03. The standard InChI is InChI=1S/C20H25N3O2/c1-25-16-8-6-7-15(13-16)19(23-11-4-5-12-23)14-22-20(24)17-9-2-3-10-18(17)21/h2-3,6-10,13,19H,4-5,11-12,14,21H2,1H3,(H,22,24). The summed E-state index contributed by atoms with van der Waals surface area (Å²) in [6.07, 6.45) is 2.39. The van der Waals surface area contributed by atoms with E-state index in [0.29, 0.717) is 17.8 Å². The van der Waals surface area contributed by atoms with E-state index in [2.05, 4.69) is 16.3 Å². The van der Waals surface area contributed by atoms with E-state index >= 15 is 0 Å². The molecule has 1 fully saturated rings. The highest BCUT2D eigenvalue weighted by atomic mass is 16.5. The number of nitrogens with two attached hydrogens (primary N) is 1. The minimum atomic E-state index is -0.134. The molecule has 3 rings (SSSR count). The first kappa shape index (κ1) is 17.3. The third-order valence-corrected chi connectivity index (χ3v) is 4.72. The van der Waals surface area contributed by atoms with Crippen molar-refractivity contribution in [1.82, 2.24) is 10.2 Å². The van der Waals surface area contributed by atoms with Crippen LogP contribution >= 0.6 is 0 Å². The Hall–Kier alpha value is -2.53. The fraction of sp³-hybridized carbons (Fsp3) is 0.350. The molecule has 132 valence electrons. The largest absolute Gasteiger partial charge is 0.497 e. The monoisotopic (exact) mass is 339 g/mol. The Morgan fingerprint density at radius 3 is 2.68 bits per heavy atom. The highest BCUT2D eigenvalue weighted by Crippen LogP contribution is 2.27. The summed E-state index contributed by atoms with van der Waals surface area (Å²) < 4.78 is 5.36. The van der Waals surface area contributed by atoms with E-state index in [1.807, 2.05) is 30.3 Å². The molecule has 1 saturated heterocycles. The van der Waals surface area contributed by atoms with Crippen molar-refractivity contribution in [2.24, 2.45) is 0 Å². The van der Waals surface area contributed by atoms with Crippen molar-refractivity contribution in [3.8, 4) is 5.75 Å². The summed E-state index contributed by atoms with van der Waals surface area (Å²) in [5.74, 6) is 0.700. The summed E-state index contributed by atoms with van der Waals surface area (Å²) in [4.78, 5) is 14.9. The molecule has 0 spiro atoms. The lowest BCUT2D eigenvalue weighted by Crippen LogP contribution is -2.37. The maximum absolute atomic E-state index is 12.5. The van der Waals surface area contributed by atoms with Gasteiger partial charge in [-0.05, 0) is 55.8 Å². The van der Waals surface area contributed by atoms with Crippen molar-refractivity contribution in [3.63, 3.8) is 0 Å². The number of nitrogens with one attached hydrogen (secondary N) is 1. The molecule has 5 heteroatoms. The van der Waals surface area contributed by atoms with Gasteiger partial charge in [-0.2, -0.15) is 0 Å². The molecule has 1 heterocycles. The molecular formula is C20H25N3O2. The van der Waals surface area contributed by atoms with E-state index in [4.69, 9.17) is 10.5 Å². The first-order valence-corrected chi connectivity index (χ1v) is 8.70. The van der Waals surface area contributed by atoms with Gasteiger partial charge >= 0.3 is 0 Å². The Labute approximate surface area is 148 Å². The van der Waals surface area contributed by atoms with Crippen LogP contribution < -0.4 is 15.8 Å². The predicted molar refractivity (Wildman–Crippen MR) is 99.7 cm³/mol. The predicted octanol–water partition coefficient (Wildman–Crippen LogP) is 2.84. The number of para-hydroxylation sites is 1. The first-order chi connectivity index (χ1) is 12.2. The molecule has 1 aliphatic heterocycles. The van der Waals surface area contributed by atoms with E-state index in [-0.39, 0.29) is 11.9 Å². The van der Waals surface area contributed by atoms with Crippen molar-refractivity contribution in [3.05, 3.63) is 59.7 Å².